The molecule has 1 aliphatic rings. The maximum absolute atomic E-state index is 12.1. The first kappa shape index (κ1) is 15.4. The Bertz CT molecular complexity index is 586. The molecule has 2 amide bonds. The highest BCUT2D eigenvalue weighted by Crippen LogP contribution is 2.33. The average Bonchev–Trinajstić information content (AvgIpc) is 2.67. The molecule has 1 aromatic rings. The van der Waals surface area contributed by atoms with Crippen LogP contribution in [0.4, 0.5) is 4.79 Å². The van der Waals surface area contributed by atoms with Gasteiger partial charge in [-0.1, -0.05) is 13.0 Å². The zero-order valence-corrected chi connectivity index (χ0v) is 14.2. The second kappa shape index (κ2) is 6.62. The van der Waals surface area contributed by atoms with Crippen molar-refractivity contribution in [2.75, 3.05) is 13.7 Å². The molecule has 0 aromatic heterocycles. The normalized spacial score (nSPS) is 17.1. The summed E-state index contributed by atoms with van der Waals surface area (Å²) in [6, 6.07) is 5.64. The number of hydrogen-bond acceptors (Lipinski definition) is 4. The van der Waals surface area contributed by atoms with Crippen molar-refractivity contribution in [1.29, 1.82) is 0 Å². The molecule has 0 spiro atoms. The van der Waals surface area contributed by atoms with Crippen LogP contribution < -0.4 is 4.74 Å². The standard InChI is InChI=1S/C14H14INO3S/c1-3-6-16-13(17)12(20-14(16)18)8-9-4-5-11(19-2)10(15)7-9/h4-5,7-8H,3,6H2,1-2H3/b12-8+. The van der Waals surface area contributed by atoms with Gasteiger partial charge in [0.05, 0.1) is 15.6 Å². The number of nitrogens with zero attached hydrogens (tertiary/aromatic N) is 1. The molecule has 0 atom stereocenters. The van der Waals surface area contributed by atoms with E-state index in [1.54, 1.807) is 13.2 Å². The highest BCUT2D eigenvalue weighted by molar-refractivity contribution is 14.1. The zero-order valence-electron chi connectivity index (χ0n) is 11.2. The van der Waals surface area contributed by atoms with Crippen molar-refractivity contribution in [3.63, 3.8) is 0 Å². The summed E-state index contributed by atoms with van der Waals surface area (Å²) in [5.74, 6) is 0.592. The van der Waals surface area contributed by atoms with E-state index in [2.05, 4.69) is 22.6 Å². The Morgan fingerprint density at radius 3 is 2.75 bits per heavy atom. The lowest BCUT2D eigenvalue weighted by Crippen LogP contribution is -2.28. The Kier molecular flexibility index (Phi) is 5.09. The van der Waals surface area contributed by atoms with E-state index in [0.717, 1.165) is 33.1 Å². The molecular weight excluding hydrogens is 389 g/mol. The van der Waals surface area contributed by atoms with E-state index < -0.39 is 0 Å². The molecule has 1 aromatic carbocycles. The molecule has 6 heteroatoms. The molecule has 0 aliphatic carbocycles. The summed E-state index contributed by atoms with van der Waals surface area (Å²) in [7, 11) is 1.62. The van der Waals surface area contributed by atoms with Gasteiger partial charge in [-0.15, -0.1) is 0 Å². The van der Waals surface area contributed by atoms with Crippen LogP contribution in [-0.2, 0) is 4.79 Å². The lowest BCUT2D eigenvalue weighted by Gasteiger charge is -2.09. The highest BCUT2D eigenvalue weighted by Gasteiger charge is 2.34. The molecule has 0 N–H and O–H groups in total. The number of ether oxygens (including phenoxy) is 1. The summed E-state index contributed by atoms with van der Waals surface area (Å²) in [6.07, 6.45) is 2.52. The molecule has 0 radical (unpaired) electrons. The summed E-state index contributed by atoms with van der Waals surface area (Å²) < 4.78 is 6.16. The van der Waals surface area contributed by atoms with Crippen LogP contribution in [0.25, 0.3) is 6.08 Å². The van der Waals surface area contributed by atoms with Crippen molar-refractivity contribution in [2.24, 2.45) is 0 Å². The predicted molar refractivity (Wildman–Crippen MR) is 88.7 cm³/mol. The number of amides is 2. The van der Waals surface area contributed by atoms with Crippen molar-refractivity contribution in [2.45, 2.75) is 13.3 Å². The topological polar surface area (TPSA) is 46.6 Å². The van der Waals surface area contributed by atoms with Gasteiger partial charge in [0.15, 0.2) is 0 Å². The van der Waals surface area contributed by atoms with Gasteiger partial charge in [0, 0.05) is 6.54 Å². The molecule has 0 saturated carbocycles. The molecule has 20 heavy (non-hydrogen) atoms. The van der Waals surface area contributed by atoms with E-state index in [1.165, 1.54) is 4.90 Å². The van der Waals surface area contributed by atoms with Gasteiger partial charge in [0.2, 0.25) is 0 Å². The first-order valence-electron chi connectivity index (χ1n) is 6.15. The fraction of sp³-hybridized carbons (Fsp3) is 0.286. The van der Waals surface area contributed by atoms with E-state index in [4.69, 9.17) is 4.74 Å². The quantitative estimate of drug-likeness (QED) is 0.568. The lowest BCUT2D eigenvalue weighted by molar-refractivity contribution is -0.122. The fourth-order valence-corrected chi connectivity index (χ4v) is 3.46. The van der Waals surface area contributed by atoms with Gasteiger partial charge in [-0.3, -0.25) is 14.5 Å². The van der Waals surface area contributed by atoms with Crippen LogP contribution in [0.3, 0.4) is 0 Å². The Labute approximate surface area is 135 Å². The molecule has 106 valence electrons. The highest BCUT2D eigenvalue weighted by atomic mass is 127. The molecule has 1 aliphatic heterocycles. The average molecular weight is 403 g/mol. The number of carbonyl (C=O) groups is 2. The van der Waals surface area contributed by atoms with Crippen molar-refractivity contribution < 1.29 is 14.3 Å². The number of benzene rings is 1. The van der Waals surface area contributed by atoms with Crippen molar-refractivity contribution in [1.82, 2.24) is 4.90 Å². The molecule has 2 rings (SSSR count). The smallest absolute Gasteiger partial charge is 0.293 e. The van der Waals surface area contributed by atoms with Crippen LogP contribution >= 0.6 is 34.4 Å². The minimum absolute atomic E-state index is 0.189. The van der Waals surface area contributed by atoms with Crippen LogP contribution in [0.1, 0.15) is 18.9 Å². The van der Waals surface area contributed by atoms with Crippen LogP contribution in [-0.4, -0.2) is 29.7 Å². The molecule has 0 unspecified atom stereocenters. The third-order valence-electron chi connectivity index (χ3n) is 2.79. The van der Waals surface area contributed by atoms with E-state index in [9.17, 15) is 9.59 Å². The molecule has 0 bridgehead atoms. The molecular formula is C14H14INO3S. The molecule has 1 saturated heterocycles. The van der Waals surface area contributed by atoms with Crippen molar-refractivity contribution in [3.8, 4) is 5.75 Å². The number of halogens is 1. The van der Waals surface area contributed by atoms with Crippen molar-refractivity contribution in [3.05, 3.63) is 32.2 Å². The molecule has 4 nitrogen and oxygen atoms in total. The lowest BCUT2D eigenvalue weighted by atomic mass is 10.2. The largest absolute Gasteiger partial charge is 0.496 e. The fourth-order valence-electron chi connectivity index (χ4n) is 1.84. The minimum atomic E-state index is -0.201. The number of hydrogen-bond donors (Lipinski definition) is 0. The minimum Gasteiger partial charge on any atom is -0.496 e. The van der Waals surface area contributed by atoms with Crippen LogP contribution in [0, 0.1) is 3.57 Å². The maximum atomic E-state index is 12.1. The van der Waals surface area contributed by atoms with E-state index in [0.29, 0.717) is 11.4 Å². The second-order valence-corrected chi connectivity index (χ2v) is 6.38. The van der Waals surface area contributed by atoms with E-state index >= 15 is 0 Å². The first-order chi connectivity index (χ1) is 9.56. The summed E-state index contributed by atoms with van der Waals surface area (Å²) >= 11 is 3.17. The number of carbonyl (C=O) groups excluding carboxylic acids is 2. The van der Waals surface area contributed by atoms with Crippen LogP contribution in [0.5, 0.6) is 5.75 Å². The first-order valence-corrected chi connectivity index (χ1v) is 8.05. The van der Waals surface area contributed by atoms with Gasteiger partial charge in [-0.25, -0.2) is 0 Å². The summed E-state index contributed by atoms with van der Waals surface area (Å²) in [5, 5.41) is -0.189. The SMILES string of the molecule is CCCN1C(=O)S/C(=C/c2ccc(OC)c(I)c2)C1=O. The molecule has 1 heterocycles. The predicted octanol–water partition coefficient (Wildman–Crippen LogP) is 3.75. The Morgan fingerprint density at radius 2 is 2.15 bits per heavy atom. The van der Waals surface area contributed by atoms with E-state index in [-0.39, 0.29) is 11.1 Å². The van der Waals surface area contributed by atoms with Gasteiger partial charge in [-0.2, -0.15) is 0 Å². The monoisotopic (exact) mass is 403 g/mol. The maximum Gasteiger partial charge on any atom is 0.293 e. The summed E-state index contributed by atoms with van der Waals surface area (Å²) in [6.45, 7) is 2.42. The van der Waals surface area contributed by atoms with Crippen LogP contribution in [0.2, 0.25) is 0 Å². The number of thioether (sulfide) groups is 1. The number of rotatable bonds is 4. The van der Waals surface area contributed by atoms with Gasteiger partial charge in [-0.05, 0) is 64.5 Å². The van der Waals surface area contributed by atoms with E-state index in [1.807, 2.05) is 25.1 Å². The van der Waals surface area contributed by atoms with Crippen molar-refractivity contribution >= 4 is 51.6 Å². The zero-order chi connectivity index (χ0) is 14.7. The number of imide groups is 1. The molecule has 1 fully saturated rings. The van der Waals surface area contributed by atoms with Gasteiger partial charge in [0.1, 0.15) is 5.75 Å². The van der Waals surface area contributed by atoms with Gasteiger partial charge in [0.25, 0.3) is 11.1 Å². The van der Waals surface area contributed by atoms with Gasteiger partial charge < -0.3 is 4.74 Å². The second-order valence-electron chi connectivity index (χ2n) is 4.23. The summed E-state index contributed by atoms with van der Waals surface area (Å²) in [4.78, 5) is 25.6. The third-order valence-corrected chi connectivity index (χ3v) is 4.54. The Morgan fingerprint density at radius 1 is 1.40 bits per heavy atom. The third kappa shape index (κ3) is 3.17. The Hall–Kier alpha value is -1.02. The van der Waals surface area contributed by atoms with Gasteiger partial charge >= 0.3 is 0 Å². The Balaban J connectivity index is 2.26. The number of methoxy groups -OCH3 is 1. The van der Waals surface area contributed by atoms with Crippen LogP contribution in [0.15, 0.2) is 23.1 Å². The summed E-state index contributed by atoms with van der Waals surface area (Å²) in [5.41, 5.74) is 0.886.